The molecule has 2 heterocycles. The highest BCUT2D eigenvalue weighted by Crippen LogP contribution is 2.31. The SMILES string of the molecule is O=S(=O)(c1ccc(Cl)cc1Cl)N1CCN(c2nc(-c3ccc(F)c(F)c3)cs2)CC1. The van der Waals surface area contributed by atoms with Gasteiger partial charge in [0.1, 0.15) is 4.90 Å². The molecule has 2 aromatic carbocycles. The molecular formula is C19H15Cl2F2N3O2S2. The topological polar surface area (TPSA) is 53.5 Å². The molecule has 0 radical (unpaired) electrons. The van der Waals surface area contributed by atoms with Crippen molar-refractivity contribution in [3.05, 3.63) is 63.5 Å². The lowest BCUT2D eigenvalue weighted by molar-refractivity contribution is 0.385. The van der Waals surface area contributed by atoms with Gasteiger partial charge in [-0.05, 0) is 36.4 Å². The number of rotatable bonds is 4. The molecular weight excluding hydrogens is 475 g/mol. The Morgan fingerprint density at radius 1 is 0.967 bits per heavy atom. The predicted molar refractivity (Wildman–Crippen MR) is 115 cm³/mol. The molecule has 0 unspecified atom stereocenters. The number of hydrogen-bond donors (Lipinski definition) is 0. The van der Waals surface area contributed by atoms with Crippen molar-refractivity contribution in [2.45, 2.75) is 4.90 Å². The predicted octanol–water partition coefficient (Wildman–Crippen LogP) is 4.91. The fourth-order valence-corrected chi connectivity index (χ4v) is 6.20. The van der Waals surface area contributed by atoms with Crippen LogP contribution in [0.2, 0.25) is 10.0 Å². The Balaban J connectivity index is 1.47. The number of anilines is 1. The molecule has 1 aliphatic heterocycles. The monoisotopic (exact) mass is 489 g/mol. The van der Waals surface area contributed by atoms with Gasteiger partial charge in [0, 0.05) is 42.1 Å². The van der Waals surface area contributed by atoms with Gasteiger partial charge in [0.25, 0.3) is 0 Å². The second-order valence-corrected chi connectivity index (χ2v) is 10.2. The number of benzene rings is 2. The summed E-state index contributed by atoms with van der Waals surface area (Å²) in [6, 6.07) is 7.94. The first-order chi connectivity index (χ1) is 14.3. The minimum Gasteiger partial charge on any atom is -0.345 e. The first-order valence-electron chi connectivity index (χ1n) is 8.87. The number of nitrogens with zero attached hydrogens (tertiary/aromatic N) is 3. The Hall–Kier alpha value is -1.78. The van der Waals surface area contributed by atoms with Crippen LogP contribution in [0.3, 0.4) is 0 Å². The van der Waals surface area contributed by atoms with E-state index in [1.807, 2.05) is 4.90 Å². The molecule has 1 aliphatic rings. The van der Waals surface area contributed by atoms with Crippen molar-refractivity contribution in [3.63, 3.8) is 0 Å². The number of halogens is 4. The van der Waals surface area contributed by atoms with Crippen LogP contribution >= 0.6 is 34.5 Å². The molecule has 11 heteroatoms. The van der Waals surface area contributed by atoms with Crippen LogP contribution < -0.4 is 4.90 Å². The maximum Gasteiger partial charge on any atom is 0.244 e. The molecule has 1 aromatic heterocycles. The largest absolute Gasteiger partial charge is 0.345 e. The van der Waals surface area contributed by atoms with Crippen molar-refractivity contribution in [2.75, 3.05) is 31.1 Å². The van der Waals surface area contributed by atoms with E-state index in [2.05, 4.69) is 4.98 Å². The van der Waals surface area contributed by atoms with Gasteiger partial charge in [-0.25, -0.2) is 22.2 Å². The van der Waals surface area contributed by atoms with Crippen LogP contribution in [-0.2, 0) is 10.0 Å². The molecule has 0 amide bonds. The highest BCUT2D eigenvalue weighted by atomic mass is 35.5. The van der Waals surface area contributed by atoms with Crippen LogP contribution in [0.5, 0.6) is 0 Å². The molecule has 0 atom stereocenters. The van der Waals surface area contributed by atoms with Crippen LogP contribution in [0.25, 0.3) is 11.3 Å². The smallest absolute Gasteiger partial charge is 0.244 e. The fraction of sp³-hybridized carbons (Fsp3) is 0.211. The van der Waals surface area contributed by atoms with Gasteiger partial charge in [0.2, 0.25) is 10.0 Å². The Labute approximate surface area is 186 Å². The number of aromatic nitrogens is 1. The highest BCUT2D eigenvalue weighted by Gasteiger charge is 2.31. The van der Waals surface area contributed by atoms with E-state index in [1.54, 1.807) is 5.38 Å². The maximum absolute atomic E-state index is 13.5. The zero-order chi connectivity index (χ0) is 21.5. The van der Waals surface area contributed by atoms with E-state index >= 15 is 0 Å². The molecule has 158 valence electrons. The summed E-state index contributed by atoms with van der Waals surface area (Å²) in [7, 11) is -3.74. The summed E-state index contributed by atoms with van der Waals surface area (Å²) in [5.41, 5.74) is 1.02. The van der Waals surface area contributed by atoms with Crippen LogP contribution in [0, 0.1) is 11.6 Å². The molecule has 5 nitrogen and oxygen atoms in total. The quantitative estimate of drug-likeness (QED) is 0.522. The van der Waals surface area contributed by atoms with E-state index in [1.165, 1.54) is 39.9 Å². The van der Waals surface area contributed by atoms with Crippen molar-refractivity contribution in [3.8, 4) is 11.3 Å². The van der Waals surface area contributed by atoms with Gasteiger partial charge in [-0.15, -0.1) is 11.3 Å². The first kappa shape index (κ1) is 21.5. The zero-order valence-corrected chi connectivity index (χ0v) is 18.5. The fourth-order valence-electron chi connectivity index (χ4n) is 3.14. The maximum atomic E-state index is 13.5. The Bertz CT molecular complexity index is 1200. The van der Waals surface area contributed by atoms with Crippen molar-refractivity contribution < 1.29 is 17.2 Å². The van der Waals surface area contributed by atoms with E-state index in [9.17, 15) is 17.2 Å². The van der Waals surface area contributed by atoms with Gasteiger partial charge in [-0.1, -0.05) is 23.2 Å². The summed E-state index contributed by atoms with van der Waals surface area (Å²) < 4.78 is 53.8. The number of sulfonamides is 1. The highest BCUT2D eigenvalue weighted by molar-refractivity contribution is 7.89. The summed E-state index contributed by atoms with van der Waals surface area (Å²) in [6.45, 7) is 1.41. The van der Waals surface area contributed by atoms with E-state index in [-0.39, 0.29) is 23.0 Å². The van der Waals surface area contributed by atoms with E-state index in [4.69, 9.17) is 23.2 Å². The lowest BCUT2D eigenvalue weighted by atomic mass is 10.2. The molecule has 0 saturated carbocycles. The molecule has 0 spiro atoms. The average molecular weight is 490 g/mol. The Morgan fingerprint density at radius 2 is 1.70 bits per heavy atom. The zero-order valence-electron chi connectivity index (χ0n) is 15.4. The number of thiazole rings is 1. The third kappa shape index (κ3) is 4.17. The number of piperazine rings is 1. The second-order valence-electron chi connectivity index (χ2n) is 6.61. The molecule has 0 bridgehead atoms. The second kappa shape index (κ2) is 8.39. The van der Waals surface area contributed by atoms with Gasteiger partial charge in [0.15, 0.2) is 16.8 Å². The van der Waals surface area contributed by atoms with Gasteiger partial charge in [-0.3, -0.25) is 0 Å². The Morgan fingerprint density at radius 3 is 2.37 bits per heavy atom. The summed E-state index contributed by atoms with van der Waals surface area (Å²) in [5, 5.41) is 2.90. The summed E-state index contributed by atoms with van der Waals surface area (Å²) in [5.74, 6) is -1.84. The normalized spacial score (nSPS) is 15.5. The average Bonchev–Trinajstić information content (AvgIpc) is 3.20. The van der Waals surface area contributed by atoms with Crippen molar-refractivity contribution in [1.82, 2.24) is 9.29 Å². The van der Waals surface area contributed by atoms with E-state index < -0.39 is 21.7 Å². The minimum absolute atomic E-state index is 0.0249. The van der Waals surface area contributed by atoms with Crippen molar-refractivity contribution in [1.29, 1.82) is 0 Å². The third-order valence-corrected chi connectivity index (χ3v) is 8.25. The lowest BCUT2D eigenvalue weighted by Gasteiger charge is -2.33. The molecule has 1 saturated heterocycles. The Kier molecular flexibility index (Phi) is 6.00. The summed E-state index contributed by atoms with van der Waals surface area (Å²) >= 11 is 13.3. The molecule has 0 aliphatic carbocycles. The van der Waals surface area contributed by atoms with Crippen LogP contribution in [0.4, 0.5) is 13.9 Å². The molecule has 30 heavy (non-hydrogen) atoms. The van der Waals surface area contributed by atoms with Gasteiger partial charge in [0.05, 0.1) is 10.7 Å². The van der Waals surface area contributed by atoms with Gasteiger partial charge in [-0.2, -0.15) is 4.31 Å². The van der Waals surface area contributed by atoms with Crippen molar-refractivity contribution >= 4 is 49.7 Å². The molecule has 0 N–H and O–H groups in total. The van der Waals surface area contributed by atoms with E-state index in [0.29, 0.717) is 34.5 Å². The van der Waals surface area contributed by atoms with Crippen molar-refractivity contribution in [2.24, 2.45) is 0 Å². The lowest BCUT2D eigenvalue weighted by Crippen LogP contribution is -2.48. The van der Waals surface area contributed by atoms with Gasteiger partial charge >= 0.3 is 0 Å². The van der Waals surface area contributed by atoms with Crippen LogP contribution in [0.1, 0.15) is 0 Å². The van der Waals surface area contributed by atoms with Crippen LogP contribution in [0.15, 0.2) is 46.7 Å². The van der Waals surface area contributed by atoms with Crippen LogP contribution in [-0.4, -0.2) is 43.9 Å². The standard InChI is InChI=1S/C19H15Cl2F2N3O2S2/c20-13-2-4-18(14(21)10-13)30(27,28)26-7-5-25(6-8-26)19-24-17(11-29-19)12-1-3-15(22)16(23)9-12/h1-4,9-11H,5-8H2. The molecule has 1 fully saturated rings. The summed E-state index contributed by atoms with van der Waals surface area (Å²) in [6.07, 6.45) is 0. The number of hydrogen-bond acceptors (Lipinski definition) is 5. The minimum atomic E-state index is -3.74. The molecule has 3 aromatic rings. The summed E-state index contributed by atoms with van der Waals surface area (Å²) in [4.78, 5) is 6.48. The van der Waals surface area contributed by atoms with Gasteiger partial charge < -0.3 is 4.90 Å². The third-order valence-electron chi connectivity index (χ3n) is 4.73. The molecule has 4 rings (SSSR count). The van der Waals surface area contributed by atoms with E-state index in [0.717, 1.165) is 12.1 Å². The first-order valence-corrected chi connectivity index (χ1v) is 11.9.